The molecule has 0 N–H and O–H groups in total. The number of nitrogens with zero attached hydrogens (tertiary/aromatic N) is 1. The first-order valence-electron chi connectivity index (χ1n) is 6.31. The summed E-state index contributed by atoms with van der Waals surface area (Å²) in [5.41, 5.74) is 1.87. The van der Waals surface area contributed by atoms with Gasteiger partial charge in [0.25, 0.3) is 0 Å². The Morgan fingerprint density at radius 1 is 1.53 bits per heavy atom. The maximum absolute atomic E-state index is 12.2. The molecular formula is C14H18FNO3. The SMILES string of the molecule is COc1ccc2c(c1)CCC(OCCF)N2C(C)=O. The van der Waals surface area contributed by atoms with Gasteiger partial charge in [-0.15, -0.1) is 0 Å². The second-order valence-electron chi connectivity index (χ2n) is 4.44. The maximum atomic E-state index is 12.2. The van der Waals surface area contributed by atoms with E-state index in [0.717, 1.165) is 23.4 Å². The number of alkyl halides is 1. The van der Waals surface area contributed by atoms with Gasteiger partial charge in [0, 0.05) is 12.6 Å². The molecule has 0 radical (unpaired) electrons. The molecular weight excluding hydrogens is 249 g/mol. The molecule has 1 amide bonds. The van der Waals surface area contributed by atoms with Gasteiger partial charge in [-0.25, -0.2) is 4.39 Å². The first kappa shape index (κ1) is 13.8. The van der Waals surface area contributed by atoms with Crippen LogP contribution in [0.3, 0.4) is 0 Å². The minimum Gasteiger partial charge on any atom is -0.497 e. The summed E-state index contributed by atoms with van der Waals surface area (Å²) in [6.45, 7) is 0.961. The van der Waals surface area contributed by atoms with Crippen molar-refractivity contribution in [1.82, 2.24) is 0 Å². The molecule has 1 aromatic rings. The van der Waals surface area contributed by atoms with E-state index in [1.165, 1.54) is 6.92 Å². The Kier molecular flexibility index (Phi) is 4.37. The van der Waals surface area contributed by atoms with Crippen molar-refractivity contribution in [3.05, 3.63) is 23.8 Å². The van der Waals surface area contributed by atoms with Crippen molar-refractivity contribution in [3.63, 3.8) is 0 Å². The monoisotopic (exact) mass is 267 g/mol. The zero-order valence-corrected chi connectivity index (χ0v) is 11.2. The molecule has 0 aromatic heterocycles. The molecule has 19 heavy (non-hydrogen) atoms. The number of fused-ring (bicyclic) bond motifs is 1. The predicted octanol–water partition coefficient (Wildman–Crippen LogP) is 2.31. The number of methoxy groups -OCH3 is 1. The number of aryl methyl sites for hydroxylation is 1. The largest absolute Gasteiger partial charge is 0.497 e. The normalized spacial score (nSPS) is 18.1. The lowest BCUT2D eigenvalue weighted by Crippen LogP contribution is -2.44. The molecule has 104 valence electrons. The lowest BCUT2D eigenvalue weighted by atomic mass is 10.00. The third kappa shape index (κ3) is 2.87. The zero-order chi connectivity index (χ0) is 13.8. The van der Waals surface area contributed by atoms with Gasteiger partial charge in [0.1, 0.15) is 18.7 Å². The molecule has 1 aromatic carbocycles. The number of amides is 1. The first-order chi connectivity index (χ1) is 9.17. The highest BCUT2D eigenvalue weighted by Crippen LogP contribution is 2.33. The molecule has 1 aliphatic rings. The highest BCUT2D eigenvalue weighted by molar-refractivity contribution is 5.93. The fourth-order valence-electron chi connectivity index (χ4n) is 2.40. The van der Waals surface area contributed by atoms with Crippen LogP contribution in [0.2, 0.25) is 0 Å². The summed E-state index contributed by atoms with van der Waals surface area (Å²) in [5.74, 6) is 0.667. The number of anilines is 1. The molecule has 0 spiro atoms. The van der Waals surface area contributed by atoms with E-state index in [9.17, 15) is 9.18 Å². The molecule has 2 rings (SSSR count). The van der Waals surface area contributed by atoms with Gasteiger partial charge < -0.3 is 9.47 Å². The van der Waals surface area contributed by atoms with E-state index >= 15 is 0 Å². The minimum absolute atomic E-state index is 0.0138. The standard InChI is InChI=1S/C14H18FNO3/c1-10(17)16-13-5-4-12(18-2)9-11(13)3-6-14(16)19-8-7-15/h4-5,9,14H,3,6-8H2,1-2H3. The quantitative estimate of drug-likeness (QED) is 0.840. The molecule has 0 fully saturated rings. The zero-order valence-electron chi connectivity index (χ0n) is 11.2. The van der Waals surface area contributed by atoms with Gasteiger partial charge in [0.05, 0.1) is 13.7 Å². The number of hydrogen-bond acceptors (Lipinski definition) is 3. The number of halogens is 1. The number of hydrogen-bond donors (Lipinski definition) is 0. The van der Waals surface area contributed by atoms with Crippen LogP contribution < -0.4 is 9.64 Å². The highest BCUT2D eigenvalue weighted by Gasteiger charge is 2.29. The molecule has 0 bridgehead atoms. The Labute approximate surface area is 112 Å². The van der Waals surface area contributed by atoms with Crippen LogP contribution in [-0.2, 0) is 16.0 Å². The van der Waals surface area contributed by atoms with Gasteiger partial charge >= 0.3 is 0 Å². The first-order valence-corrected chi connectivity index (χ1v) is 6.31. The van der Waals surface area contributed by atoms with Crippen LogP contribution in [0, 0.1) is 0 Å². The van der Waals surface area contributed by atoms with Gasteiger partial charge in [-0.1, -0.05) is 0 Å². The lowest BCUT2D eigenvalue weighted by molar-refractivity contribution is -0.119. The average molecular weight is 267 g/mol. The van der Waals surface area contributed by atoms with Crippen LogP contribution in [0.5, 0.6) is 5.75 Å². The second kappa shape index (κ2) is 6.02. The maximum Gasteiger partial charge on any atom is 0.225 e. The topological polar surface area (TPSA) is 38.8 Å². The summed E-state index contributed by atoms with van der Waals surface area (Å²) in [6.07, 6.45) is 1.07. The summed E-state index contributed by atoms with van der Waals surface area (Å²) in [6, 6.07) is 5.59. The molecule has 5 heteroatoms. The van der Waals surface area contributed by atoms with Gasteiger partial charge in [-0.3, -0.25) is 9.69 Å². The average Bonchev–Trinajstić information content (AvgIpc) is 2.43. The van der Waals surface area contributed by atoms with Crippen LogP contribution in [0.4, 0.5) is 10.1 Å². The Morgan fingerprint density at radius 2 is 2.32 bits per heavy atom. The Morgan fingerprint density at radius 3 is 2.95 bits per heavy atom. The Balaban J connectivity index is 2.29. The number of rotatable bonds is 4. The van der Waals surface area contributed by atoms with Crippen LogP contribution in [0.25, 0.3) is 0 Å². The van der Waals surface area contributed by atoms with Crippen molar-refractivity contribution in [3.8, 4) is 5.75 Å². The molecule has 1 atom stereocenters. The Bertz CT molecular complexity index is 464. The highest BCUT2D eigenvalue weighted by atomic mass is 19.1. The van der Waals surface area contributed by atoms with Crippen LogP contribution in [-0.4, -0.2) is 32.5 Å². The van der Waals surface area contributed by atoms with Crippen molar-refractivity contribution in [2.45, 2.75) is 26.0 Å². The number of carbonyl (C=O) groups excluding carboxylic acids is 1. The summed E-state index contributed by atoms with van der Waals surface area (Å²) < 4.78 is 22.8. The molecule has 0 saturated heterocycles. The van der Waals surface area contributed by atoms with Crippen LogP contribution in [0.15, 0.2) is 18.2 Å². The summed E-state index contributed by atoms with van der Waals surface area (Å²) in [7, 11) is 1.61. The van der Waals surface area contributed by atoms with Crippen molar-refractivity contribution in [1.29, 1.82) is 0 Å². The molecule has 1 aliphatic heterocycles. The predicted molar refractivity (Wildman–Crippen MR) is 70.2 cm³/mol. The summed E-state index contributed by atoms with van der Waals surface area (Å²) in [4.78, 5) is 13.4. The van der Waals surface area contributed by atoms with Gasteiger partial charge in [0.15, 0.2) is 0 Å². The van der Waals surface area contributed by atoms with E-state index in [2.05, 4.69) is 0 Å². The third-order valence-corrected chi connectivity index (χ3v) is 3.22. The third-order valence-electron chi connectivity index (χ3n) is 3.22. The molecule has 0 saturated carbocycles. The summed E-state index contributed by atoms with van der Waals surface area (Å²) in [5, 5.41) is 0. The van der Waals surface area contributed by atoms with Gasteiger partial charge in [0.2, 0.25) is 5.91 Å². The van der Waals surface area contributed by atoms with Crippen molar-refractivity contribution in [2.75, 3.05) is 25.3 Å². The fraction of sp³-hybridized carbons (Fsp3) is 0.500. The summed E-state index contributed by atoms with van der Waals surface area (Å²) >= 11 is 0. The van der Waals surface area contributed by atoms with E-state index in [0.29, 0.717) is 6.42 Å². The molecule has 1 unspecified atom stereocenters. The number of ether oxygens (including phenoxy) is 2. The van der Waals surface area contributed by atoms with E-state index in [1.807, 2.05) is 18.2 Å². The second-order valence-corrected chi connectivity index (χ2v) is 4.44. The van der Waals surface area contributed by atoms with Gasteiger partial charge in [-0.2, -0.15) is 0 Å². The van der Waals surface area contributed by atoms with Crippen LogP contribution in [0.1, 0.15) is 18.9 Å². The lowest BCUT2D eigenvalue weighted by Gasteiger charge is -2.36. The van der Waals surface area contributed by atoms with E-state index in [1.54, 1.807) is 12.0 Å². The van der Waals surface area contributed by atoms with E-state index < -0.39 is 6.67 Å². The molecule has 0 aliphatic carbocycles. The molecule has 4 nitrogen and oxygen atoms in total. The molecule has 1 heterocycles. The number of carbonyl (C=O) groups is 1. The van der Waals surface area contributed by atoms with E-state index in [-0.39, 0.29) is 18.7 Å². The minimum atomic E-state index is -0.544. The van der Waals surface area contributed by atoms with Crippen LogP contribution >= 0.6 is 0 Å². The van der Waals surface area contributed by atoms with E-state index in [4.69, 9.17) is 9.47 Å². The fourth-order valence-corrected chi connectivity index (χ4v) is 2.40. The Hall–Kier alpha value is -1.62. The van der Waals surface area contributed by atoms with Crippen molar-refractivity contribution in [2.24, 2.45) is 0 Å². The van der Waals surface area contributed by atoms with Gasteiger partial charge in [-0.05, 0) is 36.6 Å². The van der Waals surface area contributed by atoms with Crippen molar-refractivity contribution < 1.29 is 18.7 Å². The smallest absolute Gasteiger partial charge is 0.225 e. The number of benzene rings is 1. The van der Waals surface area contributed by atoms with Crippen molar-refractivity contribution >= 4 is 11.6 Å².